The topological polar surface area (TPSA) is 11.4 Å². The van der Waals surface area contributed by atoms with Gasteiger partial charge in [-0.05, 0) is 25.0 Å². The summed E-state index contributed by atoms with van der Waals surface area (Å²) in [6.45, 7) is 6.13. The Morgan fingerprint density at radius 1 is 1.05 bits per heavy atom. The van der Waals surface area contributed by atoms with E-state index in [4.69, 9.17) is 0 Å². The van der Waals surface area contributed by atoms with Gasteiger partial charge in [0, 0.05) is 57.7 Å². The van der Waals surface area contributed by atoms with Crippen LogP contribution in [0.25, 0.3) is 0 Å². The van der Waals surface area contributed by atoms with E-state index >= 15 is 0 Å². The van der Waals surface area contributed by atoms with Gasteiger partial charge in [-0.3, -0.25) is 9.80 Å². The molecule has 106 valence electrons. The minimum absolute atomic E-state index is 0.894. The van der Waals surface area contributed by atoms with Crippen LogP contribution in [0.15, 0.2) is 18.3 Å². The third-order valence-electron chi connectivity index (χ3n) is 4.93. The maximum absolute atomic E-state index is 2.75. The van der Waals surface area contributed by atoms with E-state index in [0.717, 1.165) is 12.6 Å². The van der Waals surface area contributed by atoms with E-state index in [-0.39, 0.29) is 0 Å². The van der Waals surface area contributed by atoms with Crippen LogP contribution >= 0.6 is 0 Å². The normalized spacial score (nSPS) is 23.8. The molecule has 2 aliphatic rings. The second-order valence-corrected chi connectivity index (χ2v) is 6.21. The summed E-state index contributed by atoms with van der Waals surface area (Å²) in [5.74, 6) is 0. The van der Waals surface area contributed by atoms with Crippen molar-refractivity contribution in [2.45, 2.75) is 44.7 Å². The zero-order chi connectivity index (χ0) is 13.1. The molecule has 1 aromatic heterocycles. The summed E-state index contributed by atoms with van der Waals surface area (Å²) in [5.41, 5.74) is 1.44. The van der Waals surface area contributed by atoms with E-state index in [1.807, 2.05) is 0 Å². The summed E-state index contributed by atoms with van der Waals surface area (Å²) < 4.78 is 2.24. The van der Waals surface area contributed by atoms with Crippen molar-refractivity contribution >= 4 is 0 Å². The maximum atomic E-state index is 2.75. The first-order chi connectivity index (χ1) is 9.33. The highest BCUT2D eigenvalue weighted by Crippen LogP contribution is 2.23. The Balaban J connectivity index is 1.48. The molecule has 0 aromatic carbocycles. The second kappa shape index (κ2) is 6.10. The molecule has 1 saturated carbocycles. The van der Waals surface area contributed by atoms with Crippen molar-refractivity contribution in [3.8, 4) is 0 Å². The van der Waals surface area contributed by atoms with Crippen LogP contribution in [0.2, 0.25) is 0 Å². The minimum atomic E-state index is 0.894. The third kappa shape index (κ3) is 3.21. The summed E-state index contributed by atoms with van der Waals surface area (Å²) >= 11 is 0. The van der Waals surface area contributed by atoms with E-state index in [2.05, 4.69) is 39.7 Å². The van der Waals surface area contributed by atoms with Gasteiger partial charge in [0.1, 0.15) is 0 Å². The highest BCUT2D eigenvalue weighted by molar-refractivity contribution is 5.06. The lowest BCUT2D eigenvalue weighted by Crippen LogP contribution is -2.50. The van der Waals surface area contributed by atoms with Crippen molar-refractivity contribution in [3.63, 3.8) is 0 Å². The molecule has 0 atom stereocenters. The summed E-state index contributed by atoms with van der Waals surface area (Å²) in [6.07, 6.45) is 9.40. The first-order valence-electron chi connectivity index (χ1n) is 7.89. The first-order valence-corrected chi connectivity index (χ1v) is 7.89. The zero-order valence-electron chi connectivity index (χ0n) is 12.2. The molecule has 0 spiro atoms. The molecule has 1 aliphatic carbocycles. The molecule has 2 heterocycles. The summed E-state index contributed by atoms with van der Waals surface area (Å²) in [4.78, 5) is 5.36. The molecule has 0 bridgehead atoms. The van der Waals surface area contributed by atoms with Gasteiger partial charge in [0.15, 0.2) is 0 Å². The molecule has 1 saturated heterocycles. The second-order valence-electron chi connectivity index (χ2n) is 6.21. The minimum Gasteiger partial charge on any atom is -0.353 e. The average Bonchev–Trinajstić information content (AvgIpc) is 2.86. The highest BCUT2D eigenvalue weighted by Gasteiger charge is 2.25. The Bertz CT molecular complexity index is 384. The Labute approximate surface area is 117 Å². The molecule has 2 fully saturated rings. The lowest BCUT2D eigenvalue weighted by molar-refractivity contribution is 0.0745. The zero-order valence-corrected chi connectivity index (χ0v) is 12.2. The fourth-order valence-corrected chi connectivity index (χ4v) is 3.62. The Morgan fingerprint density at radius 3 is 2.42 bits per heavy atom. The van der Waals surface area contributed by atoms with Gasteiger partial charge < -0.3 is 4.57 Å². The van der Waals surface area contributed by atoms with Crippen molar-refractivity contribution in [1.29, 1.82) is 0 Å². The quantitative estimate of drug-likeness (QED) is 0.828. The fourth-order valence-electron chi connectivity index (χ4n) is 3.62. The number of hydrogen-bond acceptors (Lipinski definition) is 2. The van der Waals surface area contributed by atoms with Crippen LogP contribution in [0.3, 0.4) is 0 Å². The van der Waals surface area contributed by atoms with Gasteiger partial charge in [0.25, 0.3) is 0 Å². The van der Waals surface area contributed by atoms with Crippen LogP contribution in [0, 0.1) is 0 Å². The van der Waals surface area contributed by atoms with E-state index in [9.17, 15) is 0 Å². The van der Waals surface area contributed by atoms with Crippen LogP contribution in [-0.4, -0.2) is 46.6 Å². The van der Waals surface area contributed by atoms with Crippen molar-refractivity contribution < 1.29 is 0 Å². The number of hydrogen-bond donors (Lipinski definition) is 0. The third-order valence-corrected chi connectivity index (χ3v) is 4.93. The highest BCUT2D eigenvalue weighted by atomic mass is 15.3. The average molecular weight is 261 g/mol. The Kier molecular flexibility index (Phi) is 4.24. The molecule has 3 rings (SSSR count). The van der Waals surface area contributed by atoms with E-state index in [1.54, 1.807) is 0 Å². The van der Waals surface area contributed by atoms with Gasteiger partial charge in [-0.1, -0.05) is 19.3 Å². The fraction of sp³-hybridized carbons (Fsp3) is 0.750. The summed E-state index contributed by atoms with van der Waals surface area (Å²) in [7, 11) is 2.15. The first kappa shape index (κ1) is 13.2. The molecule has 0 unspecified atom stereocenters. The van der Waals surface area contributed by atoms with Gasteiger partial charge >= 0.3 is 0 Å². The van der Waals surface area contributed by atoms with Gasteiger partial charge in [0.05, 0.1) is 0 Å². The van der Waals surface area contributed by atoms with Crippen LogP contribution in [0.1, 0.15) is 37.8 Å². The largest absolute Gasteiger partial charge is 0.353 e. The SMILES string of the molecule is Cn1cccc1CN1CCN(C2CCCCC2)CC1. The van der Waals surface area contributed by atoms with Gasteiger partial charge in [-0.15, -0.1) is 0 Å². The smallest absolute Gasteiger partial charge is 0.0388 e. The predicted molar refractivity (Wildman–Crippen MR) is 79.1 cm³/mol. The lowest BCUT2D eigenvalue weighted by atomic mass is 9.94. The van der Waals surface area contributed by atoms with E-state index in [1.165, 1.54) is 64.0 Å². The van der Waals surface area contributed by atoms with E-state index < -0.39 is 0 Å². The molecular weight excluding hydrogens is 234 g/mol. The van der Waals surface area contributed by atoms with Crippen molar-refractivity contribution in [2.24, 2.45) is 7.05 Å². The van der Waals surface area contributed by atoms with Crippen molar-refractivity contribution in [3.05, 3.63) is 24.0 Å². The van der Waals surface area contributed by atoms with Crippen molar-refractivity contribution in [1.82, 2.24) is 14.4 Å². The van der Waals surface area contributed by atoms with Crippen LogP contribution in [0.5, 0.6) is 0 Å². The number of aryl methyl sites for hydroxylation is 1. The number of piperazine rings is 1. The summed E-state index contributed by atoms with van der Waals surface area (Å²) in [6, 6.07) is 5.28. The van der Waals surface area contributed by atoms with Crippen molar-refractivity contribution in [2.75, 3.05) is 26.2 Å². The predicted octanol–water partition coefficient (Wildman–Crippen LogP) is 2.48. The van der Waals surface area contributed by atoms with Gasteiger partial charge in [0.2, 0.25) is 0 Å². The number of aromatic nitrogens is 1. The lowest BCUT2D eigenvalue weighted by Gasteiger charge is -2.40. The van der Waals surface area contributed by atoms with Crippen LogP contribution < -0.4 is 0 Å². The number of nitrogens with zero attached hydrogens (tertiary/aromatic N) is 3. The summed E-state index contributed by atoms with van der Waals surface area (Å²) in [5, 5.41) is 0. The monoisotopic (exact) mass is 261 g/mol. The maximum Gasteiger partial charge on any atom is 0.0388 e. The van der Waals surface area contributed by atoms with E-state index in [0.29, 0.717) is 0 Å². The molecule has 0 amide bonds. The van der Waals surface area contributed by atoms with Gasteiger partial charge in [-0.2, -0.15) is 0 Å². The Hall–Kier alpha value is -0.800. The standard InChI is InChI=1S/C16H27N3/c1-17-9-5-8-16(17)14-18-10-12-19(13-11-18)15-6-3-2-4-7-15/h5,8-9,15H,2-4,6-7,10-14H2,1H3. The molecule has 19 heavy (non-hydrogen) atoms. The molecule has 0 radical (unpaired) electrons. The number of rotatable bonds is 3. The molecule has 3 nitrogen and oxygen atoms in total. The molecule has 0 N–H and O–H groups in total. The molecule has 1 aliphatic heterocycles. The molecule has 1 aromatic rings. The molecule has 3 heteroatoms. The molecular formula is C16H27N3. The van der Waals surface area contributed by atoms with Crippen LogP contribution in [0.4, 0.5) is 0 Å². The Morgan fingerprint density at radius 2 is 1.79 bits per heavy atom. The van der Waals surface area contributed by atoms with Gasteiger partial charge in [-0.25, -0.2) is 0 Å². The van der Waals surface area contributed by atoms with Crippen LogP contribution in [-0.2, 0) is 13.6 Å².